The zero-order valence-corrected chi connectivity index (χ0v) is 17.6. The van der Waals surface area contributed by atoms with Crippen LogP contribution in [0, 0.1) is 0 Å². The van der Waals surface area contributed by atoms with E-state index < -0.39 is 0 Å². The molecule has 0 atom stereocenters. The summed E-state index contributed by atoms with van der Waals surface area (Å²) in [5.41, 5.74) is 3.85. The Kier molecular flexibility index (Phi) is 5.74. The van der Waals surface area contributed by atoms with E-state index in [1.165, 1.54) is 18.3 Å². The summed E-state index contributed by atoms with van der Waals surface area (Å²) in [6.45, 7) is 1.45. The van der Waals surface area contributed by atoms with Crippen LogP contribution in [-0.4, -0.2) is 21.8 Å². The van der Waals surface area contributed by atoms with Gasteiger partial charge in [-0.2, -0.15) is 0 Å². The second-order valence-corrected chi connectivity index (χ2v) is 8.07. The second kappa shape index (κ2) is 8.61. The molecule has 2 N–H and O–H groups in total. The van der Waals surface area contributed by atoms with Crippen LogP contribution >= 0.6 is 22.9 Å². The Morgan fingerprint density at radius 1 is 1.07 bits per heavy atom. The number of hydrogen-bond donors (Lipinski definition) is 2. The third kappa shape index (κ3) is 4.64. The maximum absolute atomic E-state index is 12.4. The molecular formula is C22H17ClN4O2S. The van der Waals surface area contributed by atoms with E-state index in [1.807, 2.05) is 42.5 Å². The summed E-state index contributed by atoms with van der Waals surface area (Å²) in [5.74, 6) is -0.311. The van der Waals surface area contributed by atoms with E-state index in [0.29, 0.717) is 15.8 Å². The highest BCUT2D eigenvalue weighted by atomic mass is 35.5. The monoisotopic (exact) mass is 436 g/mol. The number of nitrogens with one attached hydrogen (secondary N) is 2. The predicted octanol–water partition coefficient (Wildman–Crippen LogP) is 5.15. The molecular weight excluding hydrogens is 420 g/mol. The molecule has 6 nitrogen and oxygen atoms in total. The predicted molar refractivity (Wildman–Crippen MR) is 121 cm³/mol. The standard InChI is InChI=1S/C22H17ClN4O2S/c1-13(28)25-22-27-18-7-6-15(10-20(18)30-22)19-12-16(8-9-24-19)26-21(29)11-14-4-2-3-5-17(14)23/h2-10,12H,11H2,1H3,(H,24,26,29)(H,25,27,28). The van der Waals surface area contributed by atoms with Gasteiger partial charge in [-0.1, -0.05) is 47.2 Å². The molecule has 0 unspecified atom stereocenters. The number of halogens is 1. The normalized spacial score (nSPS) is 10.7. The quantitative estimate of drug-likeness (QED) is 0.453. The number of carbonyl (C=O) groups excluding carboxylic acids is 2. The number of fused-ring (bicyclic) bond motifs is 1. The van der Waals surface area contributed by atoms with Gasteiger partial charge in [0.2, 0.25) is 11.8 Å². The zero-order chi connectivity index (χ0) is 21.1. The summed E-state index contributed by atoms with van der Waals surface area (Å²) in [7, 11) is 0. The number of anilines is 2. The Morgan fingerprint density at radius 2 is 1.90 bits per heavy atom. The van der Waals surface area contributed by atoms with Gasteiger partial charge in [0.15, 0.2) is 5.13 Å². The van der Waals surface area contributed by atoms with Gasteiger partial charge in [0, 0.05) is 29.4 Å². The number of benzene rings is 2. The van der Waals surface area contributed by atoms with E-state index in [-0.39, 0.29) is 18.2 Å². The molecule has 0 fully saturated rings. The molecule has 0 radical (unpaired) electrons. The first-order chi connectivity index (χ1) is 14.5. The molecule has 150 valence electrons. The SMILES string of the molecule is CC(=O)Nc1nc2ccc(-c3cc(NC(=O)Cc4ccccc4Cl)ccn3)cc2s1. The van der Waals surface area contributed by atoms with Crippen LogP contribution in [0.5, 0.6) is 0 Å². The van der Waals surface area contributed by atoms with Crippen LogP contribution in [0.25, 0.3) is 21.5 Å². The minimum absolute atomic E-state index is 0.155. The van der Waals surface area contributed by atoms with Crippen molar-refractivity contribution in [3.05, 3.63) is 71.4 Å². The van der Waals surface area contributed by atoms with Gasteiger partial charge in [0.25, 0.3) is 0 Å². The third-order valence-corrected chi connectivity index (χ3v) is 5.62. The largest absolute Gasteiger partial charge is 0.326 e. The molecule has 2 amide bonds. The van der Waals surface area contributed by atoms with Crippen molar-refractivity contribution in [2.45, 2.75) is 13.3 Å². The number of carbonyl (C=O) groups is 2. The lowest BCUT2D eigenvalue weighted by atomic mass is 10.1. The molecule has 0 spiro atoms. The number of aromatic nitrogens is 2. The summed E-state index contributed by atoms with van der Waals surface area (Å²) < 4.78 is 0.936. The molecule has 2 aromatic heterocycles. The van der Waals surface area contributed by atoms with E-state index in [4.69, 9.17) is 11.6 Å². The maximum Gasteiger partial charge on any atom is 0.228 e. The topological polar surface area (TPSA) is 84.0 Å². The van der Waals surface area contributed by atoms with Crippen LogP contribution in [0.4, 0.5) is 10.8 Å². The molecule has 4 rings (SSSR count). The first-order valence-electron chi connectivity index (χ1n) is 9.16. The Balaban J connectivity index is 1.53. The fraction of sp³-hybridized carbons (Fsp3) is 0.0909. The van der Waals surface area contributed by atoms with Crippen LogP contribution in [0.2, 0.25) is 5.02 Å². The molecule has 0 aliphatic heterocycles. The Hall–Kier alpha value is -3.29. The fourth-order valence-corrected chi connectivity index (χ4v) is 4.13. The molecule has 0 saturated carbocycles. The van der Waals surface area contributed by atoms with E-state index >= 15 is 0 Å². The fourth-order valence-electron chi connectivity index (χ4n) is 2.97. The smallest absolute Gasteiger partial charge is 0.228 e. The Morgan fingerprint density at radius 3 is 2.70 bits per heavy atom. The average molecular weight is 437 g/mol. The summed E-state index contributed by atoms with van der Waals surface area (Å²) in [5, 5.41) is 6.73. The highest BCUT2D eigenvalue weighted by molar-refractivity contribution is 7.22. The van der Waals surface area contributed by atoms with Crippen molar-refractivity contribution in [2.24, 2.45) is 0 Å². The number of rotatable bonds is 5. The first-order valence-corrected chi connectivity index (χ1v) is 10.4. The highest BCUT2D eigenvalue weighted by Gasteiger charge is 2.10. The van der Waals surface area contributed by atoms with E-state index in [2.05, 4.69) is 20.6 Å². The van der Waals surface area contributed by atoms with Gasteiger partial charge in [-0.3, -0.25) is 14.6 Å². The Bertz CT molecular complexity index is 1250. The van der Waals surface area contributed by atoms with Crippen molar-refractivity contribution in [1.82, 2.24) is 9.97 Å². The van der Waals surface area contributed by atoms with E-state index in [9.17, 15) is 9.59 Å². The molecule has 4 aromatic rings. The average Bonchev–Trinajstić information content (AvgIpc) is 3.10. The van der Waals surface area contributed by atoms with Gasteiger partial charge >= 0.3 is 0 Å². The Labute approximate surface area is 181 Å². The van der Waals surface area contributed by atoms with Gasteiger partial charge in [0.1, 0.15) is 0 Å². The van der Waals surface area contributed by atoms with Crippen LogP contribution in [-0.2, 0) is 16.0 Å². The van der Waals surface area contributed by atoms with Crippen molar-refractivity contribution in [3.63, 3.8) is 0 Å². The molecule has 2 aromatic carbocycles. The highest BCUT2D eigenvalue weighted by Crippen LogP contribution is 2.30. The number of amides is 2. The lowest BCUT2D eigenvalue weighted by Gasteiger charge is -2.08. The van der Waals surface area contributed by atoms with Crippen LogP contribution in [0.15, 0.2) is 60.8 Å². The lowest BCUT2D eigenvalue weighted by molar-refractivity contribution is -0.116. The van der Waals surface area contributed by atoms with Crippen molar-refractivity contribution >= 4 is 55.8 Å². The van der Waals surface area contributed by atoms with E-state index in [1.54, 1.807) is 18.3 Å². The van der Waals surface area contributed by atoms with Gasteiger partial charge in [-0.05, 0) is 35.9 Å². The van der Waals surface area contributed by atoms with Gasteiger partial charge in [-0.15, -0.1) is 0 Å². The molecule has 0 aliphatic carbocycles. The molecule has 0 bridgehead atoms. The summed E-state index contributed by atoms with van der Waals surface area (Å²) in [4.78, 5) is 32.5. The molecule has 30 heavy (non-hydrogen) atoms. The summed E-state index contributed by atoms with van der Waals surface area (Å²) in [6.07, 6.45) is 1.84. The third-order valence-electron chi connectivity index (χ3n) is 4.32. The number of pyridine rings is 1. The van der Waals surface area contributed by atoms with Crippen molar-refractivity contribution in [3.8, 4) is 11.3 Å². The van der Waals surface area contributed by atoms with Crippen molar-refractivity contribution in [1.29, 1.82) is 0 Å². The minimum atomic E-state index is -0.156. The first kappa shape index (κ1) is 20.0. The van der Waals surface area contributed by atoms with Crippen LogP contribution in [0.1, 0.15) is 12.5 Å². The number of nitrogens with zero attached hydrogens (tertiary/aromatic N) is 2. The maximum atomic E-state index is 12.4. The minimum Gasteiger partial charge on any atom is -0.326 e. The lowest BCUT2D eigenvalue weighted by Crippen LogP contribution is -2.14. The number of thiazole rings is 1. The van der Waals surface area contributed by atoms with Crippen molar-refractivity contribution < 1.29 is 9.59 Å². The number of hydrogen-bond acceptors (Lipinski definition) is 5. The van der Waals surface area contributed by atoms with Gasteiger partial charge < -0.3 is 10.6 Å². The van der Waals surface area contributed by atoms with Gasteiger partial charge in [0.05, 0.1) is 22.3 Å². The second-order valence-electron chi connectivity index (χ2n) is 6.63. The molecule has 8 heteroatoms. The van der Waals surface area contributed by atoms with Crippen LogP contribution < -0.4 is 10.6 Å². The summed E-state index contributed by atoms with van der Waals surface area (Å²) >= 11 is 7.54. The molecule has 0 saturated heterocycles. The molecule has 2 heterocycles. The molecule has 0 aliphatic rings. The van der Waals surface area contributed by atoms with Gasteiger partial charge in [-0.25, -0.2) is 4.98 Å². The summed E-state index contributed by atoms with van der Waals surface area (Å²) in [6, 6.07) is 16.6. The zero-order valence-electron chi connectivity index (χ0n) is 16.0. The van der Waals surface area contributed by atoms with Crippen molar-refractivity contribution in [2.75, 3.05) is 10.6 Å². The van der Waals surface area contributed by atoms with E-state index in [0.717, 1.165) is 27.0 Å². The van der Waals surface area contributed by atoms with Crippen LogP contribution in [0.3, 0.4) is 0 Å².